The second-order valence-electron chi connectivity index (χ2n) is 6.32. The maximum absolute atomic E-state index is 13.1. The van der Waals surface area contributed by atoms with Crippen molar-refractivity contribution in [2.24, 2.45) is 0 Å². The molecule has 0 saturated carbocycles. The van der Waals surface area contributed by atoms with Crippen molar-refractivity contribution in [1.29, 1.82) is 0 Å². The average molecular weight is 412 g/mol. The molecule has 0 bridgehead atoms. The van der Waals surface area contributed by atoms with Crippen molar-refractivity contribution in [3.8, 4) is 0 Å². The predicted octanol–water partition coefficient (Wildman–Crippen LogP) is 3.27. The third kappa shape index (κ3) is 4.08. The van der Waals surface area contributed by atoms with Crippen molar-refractivity contribution >= 4 is 23.0 Å². The lowest BCUT2D eigenvalue weighted by atomic mass is 10.2. The number of benzene rings is 1. The molecule has 28 heavy (non-hydrogen) atoms. The molecule has 0 spiro atoms. The van der Waals surface area contributed by atoms with Gasteiger partial charge in [0, 0.05) is 42.9 Å². The van der Waals surface area contributed by atoms with Gasteiger partial charge in [0.2, 0.25) is 5.95 Å². The van der Waals surface area contributed by atoms with Crippen molar-refractivity contribution in [2.75, 3.05) is 36.0 Å². The second-order valence-corrected chi connectivity index (χ2v) is 7.44. The molecule has 1 aromatic carbocycles. The van der Waals surface area contributed by atoms with Crippen molar-refractivity contribution in [3.05, 3.63) is 52.5 Å². The molecule has 6 nitrogen and oxygen atoms in total. The minimum atomic E-state index is -4.43. The number of halogens is 4. The molecular weight excluding hydrogens is 396 g/mol. The summed E-state index contributed by atoms with van der Waals surface area (Å²) in [6.07, 6.45) is -1.70. The molecule has 0 atom stereocenters. The molecular formula is C17H16F4N6S. The summed E-state index contributed by atoms with van der Waals surface area (Å²) in [5, 5.41) is 3.51. The maximum atomic E-state index is 13.1. The maximum Gasteiger partial charge on any atom is 0.443 e. The molecule has 1 aliphatic rings. The standard InChI is InChI=1S/C17H16F4N6S/c18-12-1-3-13(4-2-12)25-5-7-26(8-6-25)16-23-11-27(24-16)10-14-9-22-15(28-14)17(19,20)21/h1-4,9,11H,5-8,10H2. The average Bonchev–Trinajstić information content (AvgIpc) is 3.32. The van der Waals surface area contributed by atoms with Crippen LogP contribution in [0.5, 0.6) is 0 Å². The van der Waals surface area contributed by atoms with Gasteiger partial charge in [0.25, 0.3) is 0 Å². The summed E-state index contributed by atoms with van der Waals surface area (Å²) in [4.78, 5) is 12.3. The van der Waals surface area contributed by atoms with Crippen LogP contribution < -0.4 is 9.80 Å². The zero-order chi connectivity index (χ0) is 19.7. The van der Waals surface area contributed by atoms with Crippen molar-refractivity contribution in [2.45, 2.75) is 12.7 Å². The SMILES string of the molecule is Fc1ccc(N2CCN(c3ncn(Cc4cnc(C(F)(F)F)s4)n3)CC2)cc1. The highest BCUT2D eigenvalue weighted by molar-refractivity contribution is 7.11. The van der Waals surface area contributed by atoms with Gasteiger partial charge in [-0.3, -0.25) is 0 Å². The van der Waals surface area contributed by atoms with Crippen LogP contribution in [0.2, 0.25) is 0 Å². The van der Waals surface area contributed by atoms with Crippen LogP contribution in [-0.4, -0.2) is 45.9 Å². The number of aromatic nitrogens is 4. The van der Waals surface area contributed by atoms with Gasteiger partial charge in [-0.1, -0.05) is 0 Å². The first-order chi connectivity index (χ1) is 13.4. The molecule has 2 aromatic heterocycles. The lowest BCUT2D eigenvalue weighted by molar-refractivity contribution is -0.137. The van der Waals surface area contributed by atoms with Gasteiger partial charge in [0.1, 0.15) is 12.1 Å². The van der Waals surface area contributed by atoms with Crippen molar-refractivity contribution in [1.82, 2.24) is 19.7 Å². The number of nitrogens with zero attached hydrogens (tertiary/aromatic N) is 6. The Bertz CT molecular complexity index is 928. The van der Waals surface area contributed by atoms with Gasteiger partial charge in [-0.15, -0.1) is 16.4 Å². The zero-order valence-electron chi connectivity index (χ0n) is 14.6. The monoisotopic (exact) mass is 412 g/mol. The smallest absolute Gasteiger partial charge is 0.368 e. The Kier molecular flexibility index (Phi) is 4.92. The molecule has 0 aliphatic carbocycles. The van der Waals surface area contributed by atoms with E-state index < -0.39 is 11.2 Å². The van der Waals surface area contributed by atoms with Gasteiger partial charge in [-0.25, -0.2) is 19.0 Å². The van der Waals surface area contributed by atoms with E-state index in [1.165, 1.54) is 29.3 Å². The summed E-state index contributed by atoms with van der Waals surface area (Å²) in [5.74, 6) is 0.278. The first-order valence-corrected chi connectivity index (χ1v) is 9.37. The van der Waals surface area contributed by atoms with E-state index in [0.29, 0.717) is 35.3 Å². The fourth-order valence-corrected chi connectivity index (χ4v) is 3.77. The first-order valence-electron chi connectivity index (χ1n) is 8.55. The van der Waals surface area contributed by atoms with E-state index in [2.05, 4.69) is 20.0 Å². The van der Waals surface area contributed by atoms with Crippen LogP contribution in [0, 0.1) is 5.82 Å². The Hall–Kier alpha value is -2.69. The Morgan fingerprint density at radius 1 is 0.964 bits per heavy atom. The zero-order valence-corrected chi connectivity index (χ0v) is 15.4. The number of rotatable bonds is 4. The van der Waals surface area contributed by atoms with Gasteiger partial charge in [-0.2, -0.15) is 13.2 Å². The third-order valence-electron chi connectivity index (χ3n) is 4.39. The summed E-state index contributed by atoms with van der Waals surface area (Å²) < 4.78 is 52.5. The Morgan fingerprint density at radius 3 is 2.29 bits per heavy atom. The van der Waals surface area contributed by atoms with E-state index in [1.807, 2.05) is 4.90 Å². The lowest BCUT2D eigenvalue weighted by Gasteiger charge is -2.35. The highest BCUT2D eigenvalue weighted by atomic mass is 32.1. The number of anilines is 2. The van der Waals surface area contributed by atoms with E-state index in [-0.39, 0.29) is 12.4 Å². The van der Waals surface area contributed by atoms with Gasteiger partial charge in [0.15, 0.2) is 5.01 Å². The van der Waals surface area contributed by atoms with E-state index in [9.17, 15) is 17.6 Å². The third-order valence-corrected chi connectivity index (χ3v) is 5.42. The number of alkyl halides is 3. The van der Waals surface area contributed by atoms with E-state index >= 15 is 0 Å². The minimum absolute atomic E-state index is 0.191. The molecule has 3 aromatic rings. The van der Waals surface area contributed by atoms with Gasteiger partial charge >= 0.3 is 6.18 Å². The molecule has 11 heteroatoms. The van der Waals surface area contributed by atoms with Gasteiger partial charge in [0.05, 0.1) is 6.54 Å². The molecule has 1 fully saturated rings. The molecule has 0 amide bonds. The topological polar surface area (TPSA) is 50.1 Å². The number of hydrogen-bond donors (Lipinski definition) is 0. The Morgan fingerprint density at radius 2 is 1.64 bits per heavy atom. The molecule has 0 N–H and O–H groups in total. The molecule has 1 aliphatic heterocycles. The van der Waals surface area contributed by atoms with Crippen LogP contribution in [0.4, 0.5) is 29.2 Å². The van der Waals surface area contributed by atoms with Crippen LogP contribution >= 0.6 is 11.3 Å². The molecule has 0 radical (unpaired) electrons. The van der Waals surface area contributed by atoms with Crippen LogP contribution in [0.1, 0.15) is 9.88 Å². The normalized spacial score (nSPS) is 15.3. The van der Waals surface area contributed by atoms with Crippen LogP contribution in [0.3, 0.4) is 0 Å². The molecule has 4 rings (SSSR count). The highest BCUT2D eigenvalue weighted by Crippen LogP contribution is 2.32. The Labute approximate surface area is 162 Å². The van der Waals surface area contributed by atoms with Crippen molar-refractivity contribution in [3.63, 3.8) is 0 Å². The fourth-order valence-electron chi connectivity index (χ4n) is 2.99. The molecule has 3 heterocycles. The van der Waals surface area contributed by atoms with E-state index in [1.54, 1.807) is 12.1 Å². The summed E-state index contributed by atoms with van der Waals surface area (Å²) in [6.45, 7) is 3.06. The fraction of sp³-hybridized carbons (Fsp3) is 0.353. The van der Waals surface area contributed by atoms with E-state index in [4.69, 9.17) is 0 Å². The quantitative estimate of drug-likeness (QED) is 0.616. The van der Waals surface area contributed by atoms with Crippen molar-refractivity contribution < 1.29 is 17.6 Å². The summed E-state index contributed by atoms with van der Waals surface area (Å²) in [7, 11) is 0. The summed E-state index contributed by atoms with van der Waals surface area (Å²) >= 11 is 0.607. The number of thiazole rings is 1. The van der Waals surface area contributed by atoms with Gasteiger partial charge < -0.3 is 9.80 Å². The molecule has 0 unspecified atom stereocenters. The second kappa shape index (κ2) is 7.38. The lowest BCUT2D eigenvalue weighted by Crippen LogP contribution is -2.47. The highest BCUT2D eigenvalue weighted by Gasteiger charge is 2.34. The Balaban J connectivity index is 1.36. The summed E-state index contributed by atoms with van der Waals surface area (Å²) in [6, 6.07) is 6.38. The van der Waals surface area contributed by atoms with E-state index in [0.717, 1.165) is 18.8 Å². The summed E-state index contributed by atoms with van der Waals surface area (Å²) in [5.41, 5.74) is 0.963. The molecule has 148 valence electrons. The predicted molar refractivity (Wildman–Crippen MR) is 97.1 cm³/mol. The first kappa shape index (κ1) is 18.7. The van der Waals surface area contributed by atoms with Crippen LogP contribution in [0.15, 0.2) is 36.8 Å². The van der Waals surface area contributed by atoms with Crippen LogP contribution in [0.25, 0.3) is 0 Å². The number of hydrogen-bond acceptors (Lipinski definition) is 6. The largest absolute Gasteiger partial charge is 0.443 e. The minimum Gasteiger partial charge on any atom is -0.368 e. The van der Waals surface area contributed by atoms with Gasteiger partial charge in [-0.05, 0) is 24.3 Å². The molecule has 1 saturated heterocycles. The van der Waals surface area contributed by atoms with Crippen LogP contribution in [-0.2, 0) is 12.7 Å². The number of piperazine rings is 1.